The van der Waals surface area contributed by atoms with E-state index in [1.807, 2.05) is 79.7 Å². The maximum atomic E-state index is 11.4. The van der Waals surface area contributed by atoms with Crippen LogP contribution in [0.3, 0.4) is 0 Å². The topological polar surface area (TPSA) is 33.1 Å². The molecule has 116 valence electrons. The van der Waals surface area contributed by atoms with Crippen LogP contribution < -0.4 is 0 Å². The quantitative estimate of drug-likeness (QED) is 0.712. The van der Waals surface area contributed by atoms with Crippen LogP contribution in [0.2, 0.25) is 0 Å². The van der Waals surface area contributed by atoms with Gasteiger partial charge in [-0.3, -0.25) is 4.98 Å². The zero-order valence-corrected chi connectivity index (χ0v) is 14.4. The Hall–Kier alpha value is -1.97. The Bertz CT molecular complexity index is 715. The molecule has 2 aromatic carbocycles. The molecule has 0 radical (unpaired) electrons. The molecule has 2 nitrogen and oxygen atoms in total. The second kappa shape index (κ2) is 6.65. The van der Waals surface area contributed by atoms with Crippen LogP contribution in [0, 0.1) is 0 Å². The number of rotatable bonds is 4. The van der Waals surface area contributed by atoms with Gasteiger partial charge in [0.1, 0.15) is 0 Å². The third-order valence-electron chi connectivity index (χ3n) is 4.11. The molecule has 1 aromatic heterocycles. The molecule has 0 amide bonds. The van der Waals surface area contributed by atoms with Crippen LogP contribution in [-0.2, 0) is 5.60 Å². The molecule has 3 aromatic rings. The molecule has 0 unspecified atom stereocenters. The number of pyridine rings is 1. The molecule has 0 aliphatic carbocycles. The minimum absolute atomic E-state index is 0.244. The fourth-order valence-electron chi connectivity index (χ4n) is 2.93. The molecule has 1 N–H and O–H groups in total. The number of hydrogen-bond donors (Lipinski definition) is 1. The number of aliphatic hydroxyl groups is 1. The standard InChI is InChI=1S/C20H18BrNO/c1-20(23,16-10-12-17(21)13-11-16)19(15-7-3-2-4-8-15)18-9-5-6-14-22-18/h2-14,19,23H,1H3/t19-,20+/m0/s1. The van der Waals surface area contributed by atoms with Crippen LogP contribution in [0.1, 0.15) is 29.7 Å². The number of hydrogen-bond acceptors (Lipinski definition) is 2. The molecule has 0 bridgehead atoms. The lowest BCUT2D eigenvalue weighted by atomic mass is 9.76. The van der Waals surface area contributed by atoms with Gasteiger partial charge in [-0.25, -0.2) is 0 Å². The second-order valence-corrected chi connectivity index (χ2v) is 6.67. The van der Waals surface area contributed by atoms with Crippen molar-refractivity contribution in [1.29, 1.82) is 0 Å². The Balaban J connectivity index is 2.13. The minimum atomic E-state index is -1.07. The van der Waals surface area contributed by atoms with E-state index in [0.717, 1.165) is 21.3 Å². The molecule has 0 saturated heterocycles. The summed E-state index contributed by atoms with van der Waals surface area (Å²) in [4.78, 5) is 4.50. The first-order chi connectivity index (χ1) is 11.1. The van der Waals surface area contributed by atoms with E-state index in [4.69, 9.17) is 0 Å². The van der Waals surface area contributed by atoms with Gasteiger partial charge in [-0.2, -0.15) is 0 Å². The summed E-state index contributed by atoms with van der Waals surface area (Å²) in [5.41, 5.74) is 1.68. The number of benzene rings is 2. The van der Waals surface area contributed by atoms with Crippen LogP contribution in [0.5, 0.6) is 0 Å². The van der Waals surface area contributed by atoms with Gasteiger partial charge in [0.15, 0.2) is 0 Å². The van der Waals surface area contributed by atoms with Gasteiger partial charge in [0.2, 0.25) is 0 Å². The zero-order chi connectivity index (χ0) is 16.3. The van der Waals surface area contributed by atoms with Gasteiger partial charge in [0.05, 0.1) is 17.2 Å². The first kappa shape index (κ1) is 15.9. The van der Waals surface area contributed by atoms with Gasteiger partial charge in [-0.1, -0.05) is 64.5 Å². The Kier molecular flexibility index (Phi) is 4.60. The van der Waals surface area contributed by atoms with Crippen molar-refractivity contribution in [3.8, 4) is 0 Å². The van der Waals surface area contributed by atoms with Crippen LogP contribution in [0.15, 0.2) is 83.5 Å². The SMILES string of the molecule is C[C@@](O)(c1ccc(Br)cc1)[C@@H](c1ccccc1)c1ccccn1. The van der Waals surface area contributed by atoms with Crippen molar-refractivity contribution in [2.45, 2.75) is 18.4 Å². The van der Waals surface area contributed by atoms with Gasteiger partial charge in [0.25, 0.3) is 0 Å². The van der Waals surface area contributed by atoms with Crippen LogP contribution >= 0.6 is 15.9 Å². The Labute approximate surface area is 145 Å². The third-order valence-corrected chi connectivity index (χ3v) is 4.64. The van der Waals surface area contributed by atoms with Crippen molar-refractivity contribution in [2.75, 3.05) is 0 Å². The van der Waals surface area contributed by atoms with Gasteiger partial charge in [-0.05, 0) is 42.3 Å². The van der Waals surface area contributed by atoms with E-state index < -0.39 is 5.60 Å². The van der Waals surface area contributed by atoms with Gasteiger partial charge in [0, 0.05) is 10.7 Å². The molecule has 3 rings (SSSR count). The van der Waals surface area contributed by atoms with Crippen molar-refractivity contribution in [3.63, 3.8) is 0 Å². The van der Waals surface area contributed by atoms with Crippen molar-refractivity contribution < 1.29 is 5.11 Å². The molecule has 0 aliphatic heterocycles. The highest BCUT2D eigenvalue weighted by Gasteiger charge is 2.36. The monoisotopic (exact) mass is 367 g/mol. The predicted octanol–water partition coefficient (Wildman–Crippen LogP) is 4.88. The van der Waals surface area contributed by atoms with E-state index in [9.17, 15) is 5.11 Å². The molecule has 23 heavy (non-hydrogen) atoms. The lowest BCUT2D eigenvalue weighted by Gasteiger charge is -2.33. The second-order valence-electron chi connectivity index (χ2n) is 5.75. The first-order valence-electron chi connectivity index (χ1n) is 7.53. The van der Waals surface area contributed by atoms with Crippen molar-refractivity contribution >= 4 is 15.9 Å². The molecule has 0 aliphatic rings. The molecule has 2 atom stereocenters. The van der Waals surface area contributed by atoms with Gasteiger partial charge < -0.3 is 5.11 Å². The Morgan fingerprint density at radius 1 is 0.913 bits per heavy atom. The number of halogens is 1. The highest BCUT2D eigenvalue weighted by molar-refractivity contribution is 9.10. The molecule has 0 spiro atoms. The molecule has 3 heteroatoms. The summed E-state index contributed by atoms with van der Waals surface area (Å²) in [6.07, 6.45) is 1.77. The number of nitrogens with zero attached hydrogens (tertiary/aromatic N) is 1. The molecule has 0 fully saturated rings. The van der Waals surface area contributed by atoms with E-state index in [1.54, 1.807) is 6.20 Å². The van der Waals surface area contributed by atoms with Crippen molar-refractivity contribution in [1.82, 2.24) is 4.98 Å². The van der Waals surface area contributed by atoms with E-state index in [2.05, 4.69) is 20.9 Å². The van der Waals surface area contributed by atoms with E-state index in [1.165, 1.54) is 0 Å². The van der Waals surface area contributed by atoms with Crippen LogP contribution in [-0.4, -0.2) is 10.1 Å². The van der Waals surface area contributed by atoms with E-state index >= 15 is 0 Å². The molecular weight excluding hydrogens is 350 g/mol. The summed E-state index contributed by atoms with van der Waals surface area (Å²) < 4.78 is 0.992. The highest BCUT2D eigenvalue weighted by atomic mass is 79.9. The largest absolute Gasteiger partial charge is 0.384 e. The molecule has 1 heterocycles. The molecular formula is C20H18BrNO. The summed E-state index contributed by atoms with van der Waals surface area (Å²) in [6.45, 7) is 1.85. The lowest BCUT2D eigenvalue weighted by Crippen LogP contribution is -2.31. The van der Waals surface area contributed by atoms with Crippen LogP contribution in [0.25, 0.3) is 0 Å². The van der Waals surface area contributed by atoms with Gasteiger partial charge in [-0.15, -0.1) is 0 Å². The summed E-state index contributed by atoms with van der Waals surface area (Å²) in [6, 6.07) is 23.6. The highest BCUT2D eigenvalue weighted by Crippen LogP contribution is 2.40. The summed E-state index contributed by atoms with van der Waals surface area (Å²) in [7, 11) is 0. The maximum absolute atomic E-state index is 11.4. The minimum Gasteiger partial charge on any atom is -0.384 e. The van der Waals surface area contributed by atoms with Crippen molar-refractivity contribution in [3.05, 3.63) is 100 Å². The van der Waals surface area contributed by atoms with Gasteiger partial charge >= 0.3 is 0 Å². The fraction of sp³-hybridized carbons (Fsp3) is 0.150. The smallest absolute Gasteiger partial charge is 0.0992 e. The average Bonchev–Trinajstić information content (AvgIpc) is 2.57. The Morgan fingerprint density at radius 3 is 2.17 bits per heavy atom. The average molecular weight is 368 g/mol. The third kappa shape index (κ3) is 3.36. The lowest BCUT2D eigenvalue weighted by molar-refractivity contribution is 0.0380. The zero-order valence-electron chi connectivity index (χ0n) is 12.9. The fourth-order valence-corrected chi connectivity index (χ4v) is 3.19. The molecule has 0 saturated carbocycles. The maximum Gasteiger partial charge on any atom is 0.0992 e. The van der Waals surface area contributed by atoms with Crippen molar-refractivity contribution in [2.24, 2.45) is 0 Å². The predicted molar refractivity (Wildman–Crippen MR) is 96.2 cm³/mol. The summed E-state index contributed by atoms with van der Waals surface area (Å²) in [5.74, 6) is -0.244. The normalized spacial score (nSPS) is 14.9. The number of aromatic nitrogens is 1. The van der Waals surface area contributed by atoms with E-state index in [-0.39, 0.29) is 5.92 Å². The summed E-state index contributed by atoms with van der Waals surface area (Å²) in [5, 5.41) is 11.4. The summed E-state index contributed by atoms with van der Waals surface area (Å²) >= 11 is 3.45. The Morgan fingerprint density at radius 2 is 1.57 bits per heavy atom. The first-order valence-corrected chi connectivity index (χ1v) is 8.32. The van der Waals surface area contributed by atoms with E-state index in [0.29, 0.717) is 0 Å². The van der Waals surface area contributed by atoms with Crippen LogP contribution in [0.4, 0.5) is 0 Å².